The topological polar surface area (TPSA) is 104 Å². The summed E-state index contributed by atoms with van der Waals surface area (Å²) in [4.78, 5) is 48.5. The van der Waals surface area contributed by atoms with Gasteiger partial charge in [-0.15, -0.1) is 0 Å². The number of hydrogen-bond donors (Lipinski definition) is 1. The van der Waals surface area contributed by atoms with Crippen molar-refractivity contribution in [2.24, 2.45) is 5.41 Å². The Morgan fingerprint density at radius 3 is 2.47 bits per heavy atom. The van der Waals surface area contributed by atoms with E-state index in [1.807, 2.05) is 60.5 Å². The van der Waals surface area contributed by atoms with Crippen molar-refractivity contribution in [3.8, 4) is 11.5 Å². The van der Waals surface area contributed by atoms with Crippen molar-refractivity contribution in [1.82, 2.24) is 10.3 Å². The number of rotatable bonds is 12. The second-order valence-corrected chi connectivity index (χ2v) is 12.0. The number of nitrogens with zero attached hydrogens (tertiary/aromatic N) is 4. The van der Waals surface area contributed by atoms with Gasteiger partial charge in [0.05, 0.1) is 25.1 Å². The van der Waals surface area contributed by atoms with Gasteiger partial charge in [-0.2, -0.15) is 0 Å². The summed E-state index contributed by atoms with van der Waals surface area (Å²) in [5, 5.41) is 3.47. The molecule has 2 aromatic carbocycles. The maximum atomic E-state index is 13.1. The normalized spacial score (nSPS) is 15.9. The predicted molar refractivity (Wildman–Crippen MR) is 175 cm³/mol. The smallest absolute Gasteiger partial charge is 0.242 e. The molecule has 0 fully saturated rings. The fourth-order valence-electron chi connectivity index (χ4n) is 6.00. The molecule has 0 unspecified atom stereocenters. The van der Waals surface area contributed by atoms with Crippen LogP contribution in [0, 0.1) is 5.41 Å². The fraction of sp³-hybridized carbons (Fsp3) is 0.429. The number of aromatic nitrogens is 1. The quantitative estimate of drug-likeness (QED) is 0.237. The highest BCUT2D eigenvalue weighted by molar-refractivity contribution is 6.20. The first-order valence-electron chi connectivity index (χ1n) is 15.6. The first-order chi connectivity index (χ1) is 21.6. The number of hydrogen-bond acceptors (Lipinski definition) is 7. The number of carbonyl (C=O) groups is 3. The number of fused-ring (bicyclic) bond motifs is 2. The molecule has 10 nitrogen and oxygen atoms in total. The van der Waals surface area contributed by atoms with Crippen molar-refractivity contribution in [2.75, 3.05) is 55.1 Å². The number of amides is 3. The molecular weight excluding hydrogens is 570 g/mol. The van der Waals surface area contributed by atoms with Gasteiger partial charge in [-0.25, -0.2) is 0 Å². The lowest BCUT2D eigenvalue weighted by Crippen LogP contribution is -2.47. The second-order valence-electron chi connectivity index (χ2n) is 12.0. The number of ether oxygens (including phenoxy) is 2. The van der Waals surface area contributed by atoms with Crippen LogP contribution in [0.5, 0.6) is 11.5 Å². The molecule has 5 rings (SSSR count). The van der Waals surface area contributed by atoms with Crippen LogP contribution in [-0.2, 0) is 33.8 Å². The minimum atomic E-state index is -1.14. The molecule has 0 spiro atoms. The van der Waals surface area contributed by atoms with Gasteiger partial charge in [-0.3, -0.25) is 19.4 Å². The lowest BCUT2D eigenvalue weighted by Gasteiger charge is -2.29. The van der Waals surface area contributed by atoms with E-state index in [-0.39, 0.29) is 17.7 Å². The van der Waals surface area contributed by atoms with Crippen molar-refractivity contribution in [3.63, 3.8) is 0 Å². The molecular formula is C35H43N5O5. The van der Waals surface area contributed by atoms with Gasteiger partial charge < -0.3 is 29.5 Å². The lowest BCUT2D eigenvalue weighted by molar-refractivity contribution is -0.137. The Morgan fingerprint density at radius 2 is 1.69 bits per heavy atom. The molecule has 0 aliphatic carbocycles. The summed E-state index contributed by atoms with van der Waals surface area (Å²) in [6, 6.07) is 15.5. The molecule has 238 valence electrons. The zero-order chi connectivity index (χ0) is 32.1. The molecule has 2 aliphatic rings. The van der Waals surface area contributed by atoms with Crippen LogP contribution in [-0.4, -0.2) is 63.1 Å². The van der Waals surface area contributed by atoms with Crippen LogP contribution < -0.4 is 29.5 Å². The Balaban J connectivity index is 1.10. The Kier molecular flexibility index (Phi) is 9.72. The van der Waals surface area contributed by atoms with E-state index in [9.17, 15) is 14.4 Å². The van der Waals surface area contributed by atoms with Gasteiger partial charge in [0.2, 0.25) is 17.7 Å². The standard InChI is InChI=1S/C35H43N5O5/c1-6-39-30-12-10-28(22-31(30)38(4)33(42)35(2,3)34(39)43)45-19-7-16-36-23-24-14-17-37-26(20-24)15-18-40-29-11-9-27(44-5)21-25(29)8-13-32(40)41/h9-12,14,17,20-22,36H,6-8,13,15-16,18-19,23H2,1-5H3. The van der Waals surface area contributed by atoms with Crippen LogP contribution >= 0.6 is 0 Å². The number of nitrogens with one attached hydrogen (secondary N) is 1. The number of pyridine rings is 1. The van der Waals surface area contributed by atoms with Crippen LogP contribution in [0.2, 0.25) is 0 Å². The molecule has 3 heterocycles. The summed E-state index contributed by atoms with van der Waals surface area (Å²) in [6.07, 6.45) is 4.51. The van der Waals surface area contributed by atoms with Gasteiger partial charge in [0.15, 0.2) is 0 Å². The van der Waals surface area contributed by atoms with Gasteiger partial charge in [0.25, 0.3) is 0 Å². The fourth-order valence-corrected chi connectivity index (χ4v) is 6.00. The molecule has 0 atom stereocenters. The molecule has 10 heteroatoms. The van der Waals surface area contributed by atoms with E-state index >= 15 is 0 Å². The molecule has 2 aliphatic heterocycles. The number of methoxy groups -OCH3 is 1. The van der Waals surface area contributed by atoms with E-state index in [4.69, 9.17) is 9.47 Å². The zero-order valence-corrected chi connectivity index (χ0v) is 26.9. The molecule has 45 heavy (non-hydrogen) atoms. The minimum Gasteiger partial charge on any atom is -0.497 e. The van der Waals surface area contributed by atoms with Gasteiger partial charge in [-0.05, 0) is 93.7 Å². The van der Waals surface area contributed by atoms with Crippen LogP contribution in [0.4, 0.5) is 17.1 Å². The van der Waals surface area contributed by atoms with Crippen molar-refractivity contribution in [1.29, 1.82) is 0 Å². The van der Waals surface area contributed by atoms with Crippen LogP contribution in [0.1, 0.15) is 50.4 Å². The predicted octanol–water partition coefficient (Wildman–Crippen LogP) is 4.53. The Bertz CT molecular complexity index is 1570. The summed E-state index contributed by atoms with van der Waals surface area (Å²) in [5.74, 6) is 1.16. The number of anilines is 3. The molecule has 1 aromatic heterocycles. The molecule has 3 aromatic rings. The zero-order valence-electron chi connectivity index (χ0n) is 26.9. The minimum absolute atomic E-state index is 0.140. The lowest BCUT2D eigenvalue weighted by atomic mass is 9.90. The second kappa shape index (κ2) is 13.7. The highest BCUT2D eigenvalue weighted by Crippen LogP contribution is 2.40. The third kappa shape index (κ3) is 6.81. The average Bonchev–Trinajstić information content (AvgIpc) is 3.10. The maximum absolute atomic E-state index is 13.1. The highest BCUT2D eigenvalue weighted by Gasteiger charge is 2.45. The molecule has 0 saturated heterocycles. The van der Waals surface area contributed by atoms with E-state index in [1.165, 1.54) is 0 Å². The van der Waals surface area contributed by atoms with Crippen LogP contribution in [0.3, 0.4) is 0 Å². The first kappa shape index (κ1) is 32.0. The third-order valence-electron chi connectivity index (χ3n) is 8.59. The average molecular weight is 614 g/mol. The summed E-state index contributed by atoms with van der Waals surface area (Å²) >= 11 is 0. The monoisotopic (exact) mass is 613 g/mol. The summed E-state index contributed by atoms with van der Waals surface area (Å²) < 4.78 is 11.4. The SMILES string of the molecule is CCN1C(=O)C(C)(C)C(=O)N(C)c2cc(OCCCNCc3ccnc(CCN4C(=O)CCc5cc(OC)ccc54)c3)ccc21. The third-order valence-corrected chi connectivity index (χ3v) is 8.59. The molecule has 0 saturated carbocycles. The Labute approximate surface area is 265 Å². The van der Waals surface area contributed by atoms with Crippen molar-refractivity contribution < 1.29 is 23.9 Å². The molecule has 0 bridgehead atoms. The van der Waals surface area contributed by atoms with Crippen molar-refractivity contribution >= 4 is 34.8 Å². The Morgan fingerprint density at radius 1 is 0.911 bits per heavy atom. The Hall–Kier alpha value is -4.44. The van der Waals surface area contributed by atoms with E-state index in [0.29, 0.717) is 56.2 Å². The maximum Gasteiger partial charge on any atom is 0.242 e. The number of benzene rings is 2. The summed E-state index contributed by atoms with van der Waals surface area (Å²) in [5.41, 5.74) is 4.41. The highest BCUT2D eigenvalue weighted by atomic mass is 16.5. The summed E-state index contributed by atoms with van der Waals surface area (Å²) in [6.45, 7) is 8.28. The van der Waals surface area contributed by atoms with Gasteiger partial charge in [0.1, 0.15) is 16.9 Å². The van der Waals surface area contributed by atoms with Gasteiger partial charge >= 0.3 is 0 Å². The van der Waals surface area contributed by atoms with Crippen molar-refractivity contribution in [2.45, 2.75) is 53.0 Å². The van der Waals surface area contributed by atoms with Crippen LogP contribution in [0.25, 0.3) is 0 Å². The van der Waals surface area contributed by atoms with Gasteiger partial charge in [0, 0.05) is 63.2 Å². The van der Waals surface area contributed by atoms with Crippen LogP contribution in [0.15, 0.2) is 54.7 Å². The van der Waals surface area contributed by atoms with Crippen molar-refractivity contribution in [3.05, 3.63) is 71.5 Å². The van der Waals surface area contributed by atoms with E-state index < -0.39 is 5.41 Å². The molecule has 0 radical (unpaired) electrons. The van der Waals surface area contributed by atoms with E-state index in [2.05, 4.69) is 16.4 Å². The van der Waals surface area contributed by atoms with E-state index in [1.54, 1.807) is 37.8 Å². The summed E-state index contributed by atoms with van der Waals surface area (Å²) in [7, 11) is 3.36. The molecule has 3 amide bonds. The first-order valence-corrected chi connectivity index (χ1v) is 15.6. The van der Waals surface area contributed by atoms with Gasteiger partial charge in [-0.1, -0.05) is 0 Å². The number of aryl methyl sites for hydroxylation is 1. The largest absolute Gasteiger partial charge is 0.497 e. The van der Waals surface area contributed by atoms with E-state index in [0.717, 1.165) is 47.6 Å². The number of carbonyl (C=O) groups excluding carboxylic acids is 3. The molecule has 1 N–H and O–H groups in total.